The zero-order valence-corrected chi connectivity index (χ0v) is 15.0. The highest BCUT2D eigenvalue weighted by atomic mass is 32.1. The second kappa shape index (κ2) is 15.1. The van der Waals surface area contributed by atoms with Gasteiger partial charge in [0.1, 0.15) is 0 Å². The molecule has 0 aromatic carbocycles. The Kier molecular flexibility index (Phi) is 15.7. The van der Waals surface area contributed by atoms with Crippen LogP contribution in [0.4, 0.5) is 0 Å². The highest BCUT2D eigenvalue weighted by Crippen LogP contribution is 2.22. The van der Waals surface area contributed by atoms with Gasteiger partial charge in [0, 0.05) is 10.5 Å². The molecule has 0 radical (unpaired) electrons. The van der Waals surface area contributed by atoms with E-state index >= 15 is 0 Å². The van der Waals surface area contributed by atoms with Gasteiger partial charge in [-0.25, -0.2) is 0 Å². The van der Waals surface area contributed by atoms with Crippen molar-refractivity contribution in [2.75, 3.05) is 0 Å². The first-order chi connectivity index (χ1) is 9.22. The largest absolute Gasteiger partial charge is 0.175 e. The quantitative estimate of drug-likeness (QED) is 0.259. The van der Waals surface area contributed by atoms with E-state index < -0.39 is 0 Å². The second-order valence-electron chi connectivity index (χ2n) is 5.89. The molecule has 0 rings (SSSR count). The lowest BCUT2D eigenvalue weighted by Crippen LogP contribution is -2.15. The van der Waals surface area contributed by atoms with E-state index in [2.05, 4.69) is 13.8 Å². The van der Waals surface area contributed by atoms with Crippen LogP contribution < -0.4 is 0 Å². The Balaban J connectivity index is 3.33. The molecule has 19 heavy (non-hydrogen) atoms. The number of unbranched alkanes of at least 4 members (excludes halogenated alkanes) is 9. The topological polar surface area (TPSA) is 0 Å². The van der Waals surface area contributed by atoms with Crippen LogP contribution >= 0.6 is 25.3 Å². The molecule has 0 N–H and O–H groups in total. The third-order valence-corrected chi connectivity index (χ3v) is 5.37. The number of thiol groups is 2. The van der Waals surface area contributed by atoms with Crippen molar-refractivity contribution in [2.24, 2.45) is 0 Å². The van der Waals surface area contributed by atoms with Crippen LogP contribution in [0.1, 0.15) is 97.3 Å². The van der Waals surface area contributed by atoms with Crippen molar-refractivity contribution < 1.29 is 0 Å². The van der Waals surface area contributed by atoms with Gasteiger partial charge in [0.25, 0.3) is 0 Å². The van der Waals surface area contributed by atoms with Crippen LogP contribution in [0.2, 0.25) is 0 Å². The van der Waals surface area contributed by atoms with E-state index in [9.17, 15) is 0 Å². The van der Waals surface area contributed by atoms with Gasteiger partial charge in [-0.05, 0) is 12.8 Å². The van der Waals surface area contributed by atoms with E-state index in [0.29, 0.717) is 10.5 Å². The molecule has 0 bridgehead atoms. The normalized spacial score (nSPS) is 14.5. The minimum absolute atomic E-state index is 0.500. The standard InChI is InChI=1S/C17H36S2/c1-3-5-7-9-10-11-13-15-17(19)16(18)14-12-8-6-4-2/h16-19H,3-15H2,1-2H3. The molecule has 0 aliphatic carbocycles. The van der Waals surface area contributed by atoms with Crippen molar-refractivity contribution >= 4 is 25.3 Å². The summed E-state index contributed by atoms with van der Waals surface area (Å²) in [7, 11) is 0. The Morgan fingerprint density at radius 3 is 1.26 bits per heavy atom. The van der Waals surface area contributed by atoms with Gasteiger partial charge in [0.15, 0.2) is 0 Å². The van der Waals surface area contributed by atoms with Crippen LogP contribution in [0.3, 0.4) is 0 Å². The van der Waals surface area contributed by atoms with Crippen molar-refractivity contribution in [3.05, 3.63) is 0 Å². The van der Waals surface area contributed by atoms with Gasteiger partial charge < -0.3 is 0 Å². The second-order valence-corrected chi connectivity index (χ2v) is 7.22. The van der Waals surface area contributed by atoms with Gasteiger partial charge in [0.05, 0.1) is 0 Å². The minimum atomic E-state index is 0.500. The maximum Gasteiger partial charge on any atom is 0.0133 e. The molecule has 0 aromatic rings. The highest BCUT2D eigenvalue weighted by Gasteiger charge is 2.13. The lowest BCUT2D eigenvalue weighted by Gasteiger charge is -2.18. The summed E-state index contributed by atoms with van der Waals surface area (Å²) < 4.78 is 0. The van der Waals surface area contributed by atoms with Crippen LogP contribution in [0, 0.1) is 0 Å². The summed E-state index contributed by atoms with van der Waals surface area (Å²) in [5.41, 5.74) is 0. The molecule has 0 spiro atoms. The molecule has 0 saturated carbocycles. The first-order valence-corrected chi connectivity index (χ1v) is 9.61. The van der Waals surface area contributed by atoms with Gasteiger partial charge in [-0.2, -0.15) is 25.3 Å². The molecular formula is C17H36S2. The maximum atomic E-state index is 4.73. The summed E-state index contributed by atoms with van der Waals surface area (Å²) in [5, 5.41) is 1.00. The third kappa shape index (κ3) is 13.4. The van der Waals surface area contributed by atoms with E-state index in [1.807, 2.05) is 0 Å². The number of rotatable bonds is 14. The molecule has 0 fully saturated rings. The fraction of sp³-hybridized carbons (Fsp3) is 1.00. The lowest BCUT2D eigenvalue weighted by atomic mass is 10.0. The molecule has 0 aliphatic rings. The Morgan fingerprint density at radius 1 is 0.526 bits per heavy atom. The Labute approximate surface area is 133 Å². The average Bonchev–Trinajstić information content (AvgIpc) is 2.42. The van der Waals surface area contributed by atoms with Crippen LogP contribution in [-0.4, -0.2) is 10.5 Å². The molecule has 0 aliphatic heterocycles. The maximum absolute atomic E-state index is 4.73. The molecule has 0 nitrogen and oxygen atoms in total. The molecule has 2 unspecified atom stereocenters. The van der Waals surface area contributed by atoms with Gasteiger partial charge in [0.2, 0.25) is 0 Å². The molecular weight excluding hydrogens is 268 g/mol. The van der Waals surface area contributed by atoms with Crippen molar-refractivity contribution in [3.63, 3.8) is 0 Å². The van der Waals surface area contributed by atoms with Crippen molar-refractivity contribution in [1.29, 1.82) is 0 Å². The smallest absolute Gasteiger partial charge is 0.0133 e. The molecule has 116 valence electrons. The van der Waals surface area contributed by atoms with Gasteiger partial charge in [-0.1, -0.05) is 84.5 Å². The van der Waals surface area contributed by atoms with Gasteiger partial charge >= 0.3 is 0 Å². The first kappa shape index (κ1) is 19.7. The fourth-order valence-electron chi connectivity index (χ4n) is 2.48. The minimum Gasteiger partial charge on any atom is -0.175 e. The van der Waals surface area contributed by atoms with Crippen LogP contribution in [0.5, 0.6) is 0 Å². The molecule has 0 aromatic heterocycles. The number of hydrogen-bond acceptors (Lipinski definition) is 2. The molecule has 2 atom stereocenters. The van der Waals surface area contributed by atoms with Crippen LogP contribution in [0.15, 0.2) is 0 Å². The Morgan fingerprint density at radius 2 is 0.842 bits per heavy atom. The summed E-state index contributed by atoms with van der Waals surface area (Å²) in [4.78, 5) is 0. The monoisotopic (exact) mass is 304 g/mol. The molecule has 0 amide bonds. The number of hydrogen-bond donors (Lipinski definition) is 2. The van der Waals surface area contributed by atoms with Gasteiger partial charge in [-0.3, -0.25) is 0 Å². The van der Waals surface area contributed by atoms with Crippen LogP contribution in [-0.2, 0) is 0 Å². The predicted molar refractivity (Wildman–Crippen MR) is 96.9 cm³/mol. The fourth-order valence-corrected chi connectivity index (χ4v) is 3.14. The molecule has 2 heteroatoms. The Bertz CT molecular complexity index is 171. The summed E-state index contributed by atoms with van der Waals surface area (Å²) in [6, 6.07) is 0. The predicted octanol–water partition coefficient (Wildman–Crippen LogP) is 6.69. The Hall–Kier alpha value is 0.700. The van der Waals surface area contributed by atoms with Gasteiger partial charge in [-0.15, -0.1) is 0 Å². The molecule has 0 saturated heterocycles. The zero-order valence-electron chi connectivity index (χ0n) is 13.2. The van der Waals surface area contributed by atoms with Crippen LogP contribution in [0.25, 0.3) is 0 Å². The van der Waals surface area contributed by atoms with E-state index in [0.717, 1.165) is 0 Å². The molecule has 0 heterocycles. The lowest BCUT2D eigenvalue weighted by molar-refractivity contribution is 0.550. The highest BCUT2D eigenvalue weighted by molar-refractivity contribution is 7.85. The third-order valence-electron chi connectivity index (χ3n) is 3.90. The summed E-state index contributed by atoms with van der Waals surface area (Å²) >= 11 is 9.45. The van der Waals surface area contributed by atoms with E-state index in [1.54, 1.807) is 0 Å². The van der Waals surface area contributed by atoms with Crippen molar-refractivity contribution in [1.82, 2.24) is 0 Å². The summed E-state index contributed by atoms with van der Waals surface area (Å²) in [6.07, 6.45) is 17.6. The average molecular weight is 305 g/mol. The zero-order chi connectivity index (χ0) is 14.3. The van der Waals surface area contributed by atoms with E-state index in [4.69, 9.17) is 25.3 Å². The van der Waals surface area contributed by atoms with Crippen molar-refractivity contribution in [2.45, 2.75) is 108 Å². The summed E-state index contributed by atoms with van der Waals surface area (Å²) in [6.45, 7) is 4.54. The van der Waals surface area contributed by atoms with E-state index in [1.165, 1.54) is 83.5 Å². The SMILES string of the molecule is CCCCCCCCCC(S)C(S)CCCCCC. The summed E-state index contributed by atoms with van der Waals surface area (Å²) in [5.74, 6) is 0. The van der Waals surface area contributed by atoms with E-state index in [-0.39, 0.29) is 0 Å². The first-order valence-electron chi connectivity index (χ1n) is 8.58. The van der Waals surface area contributed by atoms with Crippen molar-refractivity contribution in [3.8, 4) is 0 Å².